The summed E-state index contributed by atoms with van der Waals surface area (Å²) < 4.78 is 7.20. The maximum atomic E-state index is 12.1. The van der Waals surface area contributed by atoms with Gasteiger partial charge in [-0.3, -0.25) is 4.68 Å². The molecule has 24 heavy (non-hydrogen) atoms. The monoisotopic (exact) mass is 332 g/mol. The summed E-state index contributed by atoms with van der Waals surface area (Å²) in [5.41, 5.74) is 1.67. The summed E-state index contributed by atoms with van der Waals surface area (Å²) in [6.45, 7) is 3.49. The average Bonchev–Trinajstić information content (AvgIpc) is 3.03. The molecule has 0 aliphatic rings. The summed E-state index contributed by atoms with van der Waals surface area (Å²) in [6, 6.07) is 9.44. The molecule has 0 radical (unpaired) electrons. The molecule has 0 aliphatic heterocycles. The van der Waals surface area contributed by atoms with Crippen LogP contribution in [0.1, 0.15) is 12.5 Å². The second kappa shape index (κ2) is 9.05. The van der Waals surface area contributed by atoms with Crippen molar-refractivity contribution >= 4 is 11.7 Å². The van der Waals surface area contributed by atoms with Gasteiger partial charge >= 0.3 is 6.03 Å². The van der Waals surface area contributed by atoms with Gasteiger partial charge in [0.05, 0.1) is 37.7 Å². The maximum Gasteiger partial charge on any atom is 0.321 e. The number of aliphatic hydroxyl groups is 1. The van der Waals surface area contributed by atoms with Crippen LogP contribution in [0.2, 0.25) is 0 Å². The van der Waals surface area contributed by atoms with E-state index in [-0.39, 0.29) is 19.2 Å². The lowest BCUT2D eigenvalue weighted by molar-refractivity contribution is 0.0188. The highest BCUT2D eigenvalue weighted by Crippen LogP contribution is 2.06. The summed E-state index contributed by atoms with van der Waals surface area (Å²) in [6.07, 6.45) is 2.60. The number of carbonyl (C=O) groups is 1. The number of rotatable bonds is 8. The quantitative estimate of drug-likeness (QED) is 0.774. The summed E-state index contributed by atoms with van der Waals surface area (Å²) >= 11 is 0. The van der Waals surface area contributed by atoms with Crippen molar-refractivity contribution in [1.29, 1.82) is 0 Å². The number of hydrogen-bond donors (Lipinski definition) is 2. The summed E-state index contributed by atoms with van der Waals surface area (Å²) in [7, 11) is 1.62. The zero-order valence-corrected chi connectivity index (χ0v) is 14.1. The minimum absolute atomic E-state index is 0.167. The molecule has 1 heterocycles. The van der Waals surface area contributed by atoms with E-state index < -0.39 is 6.10 Å². The van der Waals surface area contributed by atoms with E-state index in [0.717, 1.165) is 12.1 Å². The SMILES string of the molecule is CCn1cc(NC(=O)N(C)C[C@@H](O)COCc2ccccc2)cn1. The molecular formula is C17H24N4O3. The first kappa shape index (κ1) is 18.0. The topological polar surface area (TPSA) is 79.6 Å². The average molecular weight is 332 g/mol. The third-order valence-corrected chi connectivity index (χ3v) is 3.46. The third kappa shape index (κ3) is 5.68. The second-order valence-corrected chi connectivity index (χ2v) is 5.55. The maximum absolute atomic E-state index is 12.1. The van der Waals surface area contributed by atoms with Gasteiger partial charge in [0.25, 0.3) is 0 Å². The molecule has 7 heteroatoms. The lowest BCUT2D eigenvalue weighted by Gasteiger charge is -2.21. The predicted octanol–water partition coefficient (Wildman–Crippen LogP) is 1.94. The number of anilines is 1. The van der Waals surface area contributed by atoms with Gasteiger partial charge in [-0.25, -0.2) is 4.79 Å². The number of nitrogens with zero attached hydrogens (tertiary/aromatic N) is 3. The van der Waals surface area contributed by atoms with E-state index >= 15 is 0 Å². The molecule has 2 N–H and O–H groups in total. The van der Waals surface area contributed by atoms with Gasteiger partial charge in [0, 0.05) is 19.8 Å². The molecule has 0 saturated heterocycles. The van der Waals surface area contributed by atoms with Gasteiger partial charge in [-0.05, 0) is 12.5 Å². The number of likely N-dealkylation sites (N-methyl/N-ethyl adjacent to an activating group) is 1. The molecule has 130 valence electrons. The Balaban J connectivity index is 1.70. The Bertz CT molecular complexity index is 630. The number of aryl methyl sites for hydroxylation is 1. The Hall–Kier alpha value is -2.38. The van der Waals surface area contributed by atoms with E-state index in [2.05, 4.69) is 10.4 Å². The molecule has 0 unspecified atom stereocenters. The highest BCUT2D eigenvalue weighted by molar-refractivity contribution is 5.88. The number of nitrogens with one attached hydrogen (secondary N) is 1. The van der Waals surface area contributed by atoms with Crippen molar-refractivity contribution in [3.8, 4) is 0 Å². The second-order valence-electron chi connectivity index (χ2n) is 5.55. The number of aromatic nitrogens is 2. The highest BCUT2D eigenvalue weighted by Gasteiger charge is 2.14. The van der Waals surface area contributed by atoms with Crippen LogP contribution in [0.25, 0.3) is 0 Å². The molecular weight excluding hydrogens is 308 g/mol. The van der Waals surface area contributed by atoms with E-state index in [1.165, 1.54) is 4.90 Å². The van der Waals surface area contributed by atoms with Crippen molar-refractivity contribution in [2.24, 2.45) is 0 Å². The first-order valence-electron chi connectivity index (χ1n) is 7.92. The van der Waals surface area contributed by atoms with Gasteiger partial charge in [0.15, 0.2) is 0 Å². The van der Waals surface area contributed by atoms with E-state index in [1.807, 2.05) is 37.3 Å². The van der Waals surface area contributed by atoms with Crippen molar-refractivity contribution in [2.75, 3.05) is 25.5 Å². The molecule has 7 nitrogen and oxygen atoms in total. The largest absolute Gasteiger partial charge is 0.389 e. The van der Waals surface area contributed by atoms with E-state index in [9.17, 15) is 9.90 Å². The van der Waals surface area contributed by atoms with Crippen LogP contribution in [-0.4, -0.2) is 52.1 Å². The fourth-order valence-corrected chi connectivity index (χ4v) is 2.16. The highest BCUT2D eigenvalue weighted by atomic mass is 16.5. The summed E-state index contributed by atoms with van der Waals surface area (Å²) in [4.78, 5) is 13.5. The number of ether oxygens (including phenoxy) is 1. The van der Waals surface area contributed by atoms with Crippen molar-refractivity contribution < 1.29 is 14.6 Å². The number of hydrogen-bond acceptors (Lipinski definition) is 4. The van der Waals surface area contributed by atoms with Crippen molar-refractivity contribution in [1.82, 2.24) is 14.7 Å². The van der Waals surface area contributed by atoms with E-state index in [1.54, 1.807) is 24.1 Å². The van der Waals surface area contributed by atoms with Crippen LogP contribution in [0.3, 0.4) is 0 Å². The number of amides is 2. The minimum atomic E-state index is -0.747. The zero-order chi connectivity index (χ0) is 17.4. The van der Waals surface area contributed by atoms with Crippen LogP contribution in [0.15, 0.2) is 42.7 Å². The Labute approximate surface area is 141 Å². The van der Waals surface area contributed by atoms with E-state index in [0.29, 0.717) is 12.3 Å². The Morgan fingerprint density at radius 2 is 2.17 bits per heavy atom. The van der Waals surface area contributed by atoms with Gasteiger partial charge in [-0.15, -0.1) is 0 Å². The molecule has 2 rings (SSSR count). The molecule has 1 aromatic carbocycles. The summed E-state index contributed by atoms with van der Waals surface area (Å²) in [5, 5.41) is 16.8. The normalized spacial score (nSPS) is 12.0. The fourth-order valence-electron chi connectivity index (χ4n) is 2.16. The van der Waals surface area contributed by atoms with Crippen molar-refractivity contribution in [3.05, 3.63) is 48.3 Å². The molecule has 0 aliphatic carbocycles. The van der Waals surface area contributed by atoms with Gasteiger partial charge < -0.3 is 20.1 Å². The van der Waals surface area contributed by atoms with Crippen molar-refractivity contribution in [3.63, 3.8) is 0 Å². The number of urea groups is 1. The molecule has 0 spiro atoms. The Morgan fingerprint density at radius 3 is 2.83 bits per heavy atom. The van der Waals surface area contributed by atoms with Gasteiger partial charge in [0.1, 0.15) is 0 Å². The predicted molar refractivity (Wildman–Crippen MR) is 91.7 cm³/mol. The van der Waals surface area contributed by atoms with E-state index in [4.69, 9.17) is 4.74 Å². The Kier molecular flexibility index (Phi) is 6.77. The molecule has 1 aromatic heterocycles. The van der Waals surface area contributed by atoms with Crippen LogP contribution in [0.5, 0.6) is 0 Å². The molecule has 0 fully saturated rings. The molecule has 2 aromatic rings. The van der Waals surface area contributed by atoms with Crippen LogP contribution in [-0.2, 0) is 17.9 Å². The smallest absolute Gasteiger partial charge is 0.321 e. The number of carbonyl (C=O) groups excluding carboxylic acids is 1. The number of aliphatic hydroxyl groups excluding tert-OH is 1. The van der Waals surface area contributed by atoms with Crippen molar-refractivity contribution in [2.45, 2.75) is 26.2 Å². The Morgan fingerprint density at radius 1 is 1.42 bits per heavy atom. The first-order chi connectivity index (χ1) is 11.6. The van der Waals surface area contributed by atoms with Crippen LogP contribution in [0.4, 0.5) is 10.5 Å². The lowest BCUT2D eigenvalue weighted by atomic mass is 10.2. The molecule has 2 amide bonds. The van der Waals surface area contributed by atoms with Crippen LogP contribution >= 0.6 is 0 Å². The molecule has 0 saturated carbocycles. The third-order valence-electron chi connectivity index (χ3n) is 3.46. The van der Waals surface area contributed by atoms with Gasteiger partial charge in [-0.1, -0.05) is 30.3 Å². The minimum Gasteiger partial charge on any atom is -0.389 e. The number of benzene rings is 1. The molecule has 1 atom stereocenters. The van der Waals surface area contributed by atoms with Crippen LogP contribution in [0, 0.1) is 0 Å². The standard InChI is InChI=1S/C17H24N4O3/c1-3-21-10-15(9-18-21)19-17(23)20(2)11-16(22)13-24-12-14-7-5-4-6-8-14/h4-10,16,22H,3,11-13H2,1-2H3,(H,19,23)/t16-/m1/s1. The summed E-state index contributed by atoms with van der Waals surface area (Å²) in [5.74, 6) is 0. The van der Waals surface area contributed by atoms with Crippen LogP contribution < -0.4 is 5.32 Å². The lowest BCUT2D eigenvalue weighted by Crippen LogP contribution is -2.38. The fraction of sp³-hybridized carbons (Fsp3) is 0.412. The molecule has 0 bridgehead atoms. The van der Waals surface area contributed by atoms with Gasteiger partial charge in [0.2, 0.25) is 0 Å². The zero-order valence-electron chi connectivity index (χ0n) is 14.1. The first-order valence-corrected chi connectivity index (χ1v) is 7.92. The van der Waals surface area contributed by atoms with Gasteiger partial charge in [-0.2, -0.15) is 5.10 Å².